The summed E-state index contributed by atoms with van der Waals surface area (Å²) in [5, 5.41) is 0. The quantitative estimate of drug-likeness (QED) is 0.849. The number of ether oxygens (including phenoxy) is 1. The van der Waals surface area contributed by atoms with Crippen LogP contribution in [-0.2, 0) is 4.79 Å². The van der Waals surface area contributed by atoms with E-state index in [1.807, 2.05) is 29.2 Å². The molecule has 104 valence electrons. The van der Waals surface area contributed by atoms with Crippen LogP contribution in [0.25, 0.3) is 0 Å². The Morgan fingerprint density at radius 3 is 2.68 bits per heavy atom. The van der Waals surface area contributed by atoms with Crippen LogP contribution in [0.15, 0.2) is 28.7 Å². The van der Waals surface area contributed by atoms with Crippen molar-refractivity contribution in [2.24, 2.45) is 0 Å². The Morgan fingerprint density at radius 2 is 2.05 bits per heavy atom. The molecule has 0 aliphatic carbocycles. The van der Waals surface area contributed by atoms with Crippen molar-refractivity contribution in [3.05, 3.63) is 28.7 Å². The maximum atomic E-state index is 12.3. The van der Waals surface area contributed by atoms with Crippen LogP contribution in [0, 0.1) is 0 Å². The zero-order valence-corrected chi connectivity index (χ0v) is 13.0. The van der Waals surface area contributed by atoms with E-state index in [9.17, 15) is 4.79 Å². The fourth-order valence-electron chi connectivity index (χ4n) is 2.69. The minimum absolute atomic E-state index is 0.0830. The summed E-state index contributed by atoms with van der Waals surface area (Å²) in [6.07, 6.45) is 3.39. The van der Waals surface area contributed by atoms with Crippen molar-refractivity contribution in [2.75, 3.05) is 6.61 Å². The molecule has 0 saturated carbocycles. The van der Waals surface area contributed by atoms with Gasteiger partial charge in [-0.3, -0.25) is 4.79 Å². The van der Waals surface area contributed by atoms with Crippen molar-refractivity contribution in [1.82, 2.24) is 4.90 Å². The molecule has 0 aromatic heterocycles. The Kier molecular flexibility index (Phi) is 4.86. The number of benzene rings is 1. The smallest absolute Gasteiger partial charge is 0.260 e. The number of carbonyl (C=O) groups excluding carboxylic acids is 1. The summed E-state index contributed by atoms with van der Waals surface area (Å²) in [5.41, 5.74) is 0. The molecule has 2 rings (SSSR count). The van der Waals surface area contributed by atoms with Crippen LogP contribution in [0.4, 0.5) is 0 Å². The molecule has 1 amide bonds. The normalized spacial score (nSPS) is 23.2. The summed E-state index contributed by atoms with van der Waals surface area (Å²) in [7, 11) is 0. The average molecular weight is 326 g/mol. The van der Waals surface area contributed by atoms with E-state index in [4.69, 9.17) is 4.74 Å². The molecule has 19 heavy (non-hydrogen) atoms. The van der Waals surface area contributed by atoms with Gasteiger partial charge in [-0.15, -0.1) is 0 Å². The number of hydrogen-bond acceptors (Lipinski definition) is 2. The summed E-state index contributed by atoms with van der Waals surface area (Å²) in [5.74, 6) is 0.805. The van der Waals surface area contributed by atoms with E-state index in [0.29, 0.717) is 12.1 Å². The molecule has 3 nitrogen and oxygen atoms in total. The van der Waals surface area contributed by atoms with Gasteiger partial charge in [0.2, 0.25) is 0 Å². The molecular weight excluding hydrogens is 306 g/mol. The van der Waals surface area contributed by atoms with Crippen molar-refractivity contribution in [3.63, 3.8) is 0 Å². The monoisotopic (exact) mass is 325 g/mol. The highest BCUT2D eigenvalue weighted by molar-refractivity contribution is 9.10. The summed E-state index contributed by atoms with van der Waals surface area (Å²) in [4.78, 5) is 14.2. The number of hydrogen-bond donors (Lipinski definition) is 0. The lowest BCUT2D eigenvalue weighted by molar-refractivity contribution is -0.139. The van der Waals surface area contributed by atoms with Crippen molar-refractivity contribution in [1.29, 1.82) is 0 Å². The highest BCUT2D eigenvalue weighted by Gasteiger charge is 2.28. The number of likely N-dealkylation sites (tertiary alicyclic amines) is 1. The fourth-order valence-corrected chi connectivity index (χ4v) is 3.07. The van der Waals surface area contributed by atoms with Crippen LogP contribution in [0.5, 0.6) is 5.75 Å². The molecule has 0 radical (unpaired) electrons. The van der Waals surface area contributed by atoms with Gasteiger partial charge in [-0.1, -0.05) is 22.0 Å². The van der Waals surface area contributed by atoms with Gasteiger partial charge in [0.25, 0.3) is 5.91 Å². The third-order valence-electron chi connectivity index (χ3n) is 3.64. The predicted molar refractivity (Wildman–Crippen MR) is 79.3 cm³/mol. The summed E-state index contributed by atoms with van der Waals surface area (Å²) >= 11 is 3.39. The second kappa shape index (κ2) is 6.42. The number of piperidine rings is 1. The molecule has 2 atom stereocenters. The molecule has 2 unspecified atom stereocenters. The maximum absolute atomic E-state index is 12.3. The van der Waals surface area contributed by atoms with Crippen LogP contribution in [0.2, 0.25) is 0 Å². The molecule has 4 heteroatoms. The van der Waals surface area contributed by atoms with Crippen LogP contribution < -0.4 is 4.74 Å². The van der Waals surface area contributed by atoms with Gasteiger partial charge in [0.15, 0.2) is 6.61 Å². The Labute approximate surface area is 123 Å². The molecule has 1 aliphatic heterocycles. The van der Waals surface area contributed by atoms with Gasteiger partial charge >= 0.3 is 0 Å². The maximum Gasteiger partial charge on any atom is 0.260 e. The standard InChI is InChI=1S/C15H20BrNO2/c1-11-5-3-6-12(2)17(11)15(18)10-19-14-8-4-7-13(16)9-14/h4,7-9,11-12H,3,5-6,10H2,1-2H3. The number of halogens is 1. The zero-order valence-electron chi connectivity index (χ0n) is 11.4. The zero-order chi connectivity index (χ0) is 13.8. The second-order valence-corrected chi connectivity index (χ2v) is 6.09. The van der Waals surface area contributed by atoms with Crippen molar-refractivity contribution in [3.8, 4) is 5.75 Å². The van der Waals surface area contributed by atoms with E-state index in [0.717, 1.165) is 23.1 Å². The summed E-state index contributed by atoms with van der Waals surface area (Å²) < 4.78 is 6.53. The lowest BCUT2D eigenvalue weighted by atomic mass is 9.97. The third-order valence-corrected chi connectivity index (χ3v) is 4.13. The molecule has 0 bridgehead atoms. The number of amides is 1. The first kappa shape index (κ1) is 14.4. The molecule has 0 spiro atoms. The summed E-state index contributed by atoms with van der Waals surface area (Å²) in [6, 6.07) is 8.21. The largest absolute Gasteiger partial charge is 0.484 e. The van der Waals surface area contributed by atoms with Crippen LogP contribution in [0.1, 0.15) is 33.1 Å². The fraction of sp³-hybridized carbons (Fsp3) is 0.533. The average Bonchev–Trinajstić information content (AvgIpc) is 2.36. The Bertz CT molecular complexity index is 440. The minimum atomic E-state index is 0.0830. The van der Waals surface area contributed by atoms with Crippen molar-refractivity contribution in [2.45, 2.75) is 45.2 Å². The Balaban J connectivity index is 1.93. The second-order valence-electron chi connectivity index (χ2n) is 5.18. The predicted octanol–water partition coefficient (Wildman–Crippen LogP) is 3.62. The van der Waals surface area contributed by atoms with Gasteiger partial charge in [0.05, 0.1) is 0 Å². The lowest BCUT2D eigenvalue weighted by Gasteiger charge is -2.38. The van der Waals surface area contributed by atoms with Gasteiger partial charge in [-0.25, -0.2) is 0 Å². The number of nitrogens with zero attached hydrogens (tertiary/aromatic N) is 1. The first-order chi connectivity index (χ1) is 9.08. The number of rotatable bonds is 3. The Morgan fingerprint density at radius 1 is 1.37 bits per heavy atom. The SMILES string of the molecule is CC1CCCC(C)N1C(=O)COc1cccc(Br)c1. The van der Waals surface area contributed by atoms with Gasteiger partial charge in [-0.2, -0.15) is 0 Å². The summed E-state index contributed by atoms with van der Waals surface area (Å²) in [6.45, 7) is 4.35. The molecule has 1 heterocycles. The van der Waals surface area contributed by atoms with Crippen LogP contribution in [0.3, 0.4) is 0 Å². The first-order valence-electron chi connectivity index (χ1n) is 6.77. The molecule has 1 saturated heterocycles. The van der Waals surface area contributed by atoms with E-state index < -0.39 is 0 Å². The molecule has 1 aliphatic rings. The number of carbonyl (C=O) groups is 1. The molecule has 1 fully saturated rings. The van der Waals surface area contributed by atoms with Gasteiger partial charge < -0.3 is 9.64 Å². The molecule has 0 N–H and O–H groups in total. The molecule has 1 aromatic carbocycles. The van der Waals surface area contributed by atoms with Crippen molar-refractivity contribution < 1.29 is 9.53 Å². The lowest BCUT2D eigenvalue weighted by Crippen LogP contribution is -2.49. The van der Waals surface area contributed by atoms with E-state index in [2.05, 4.69) is 29.8 Å². The van der Waals surface area contributed by atoms with E-state index >= 15 is 0 Å². The molecule has 1 aromatic rings. The Hall–Kier alpha value is -1.03. The topological polar surface area (TPSA) is 29.5 Å². The highest BCUT2D eigenvalue weighted by Crippen LogP contribution is 2.23. The van der Waals surface area contributed by atoms with Gasteiger partial charge in [-0.05, 0) is 51.3 Å². The third kappa shape index (κ3) is 3.72. The van der Waals surface area contributed by atoms with Gasteiger partial charge in [0, 0.05) is 16.6 Å². The molecular formula is C15H20BrNO2. The van der Waals surface area contributed by atoms with Crippen LogP contribution in [-0.4, -0.2) is 29.5 Å². The minimum Gasteiger partial charge on any atom is -0.484 e. The van der Waals surface area contributed by atoms with E-state index in [1.165, 1.54) is 6.42 Å². The van der Waals surface area contributed by atoms with Crippen LogP contribution >= 0.6 is 15.9 Å². The van der Waals surface area contributed by atoms with Gasteiger partial charge in [0.1, 0.15) is 5.75 Å². The van der Waals surface area contributed by atoms with Crippen molar-refractivity contribution >= 4 is 21.8 Å². The highest BCUT2D eigenvalue weighted by atomic mass is 79.9. The first-order valence-corrected chi connectivity index (χ1v) is 7.57. The van der Waals surface area contributed by atoms with E-state index in [1.54, 1.807) is 0 Å². The van der Waals surface area contributed by atoms with E-state index in [-0.39, 0.29) is 12.5 Å².